The Kier molecular flexibility index (Phi) is 6.66. The average molecular weight is 451 g/mol. The number of methoxy groups -OCH3 is 1. The van der Waals surface area contributed by atoms with Crippen molar-refractivity contribution >= 4 is 11.5 Å². The molecule has 1 unspecified atom stereocenters. The SMILES string of the molecule is COc1ccc(-c2nnc(NC3CCCN(CCO)C3)n3ccc(F)c23)c(OC(F)F)c1. The molecule has 1 aromatic carbocycles. The Labute approximate surface area is 182 Å². The maximum atomic E-state index is 14.8. The van der Waals surface area contributed by atoms with Crippen molar-refractivity contribution in [2.45, 2.75) is 25.5 Å². The quantitative estimate of drug-likeness (QED) is 0.545. The number of hydrogen-bond acceptors (Lipinski definition) is 7. The van der Waals surface area contributed by atoms with Crippen molar-refractivity contribution < 1.29 is 27.8 Å². The number of piperidine rings is 1. The van der Waals surface area contributed by atoms with E-state index in [4.69, 9.17) is 4.74 Å². The van der Waals surface area contributed by atoms with Gasteiger partial charge in [-0.05, 0) is 37.6 Å². The van der Waals surface area contributed by atoms with Crippen LogP contribution in [0.15, 0.2) is 30.5 Å². The summed E-state index contributed by atoms with van der Waals surface area (Å²) in [6, 6.07) is 5.64. The van der Waals surface area contributed by atoms with E-state index in [0.29, 0.717) is 24.8 Å². The van der Waals surface area contributed by atoms with Crippen LogP contribution in [0.5, 0.6) is 11.5 Å². The van der Waals surface area contributed by atoms with Gasteiger partial charge in [0.1, 0.15) is 22.7 Å². The van der Waals surface area contributed by atoms with Crippen LogP contribution in [0.4, 0.5) is 19.1 Å². The van der Waals surface area contributed by atoms with Crippen LogP contribution in [0.3, 0.4) is 0 Å². The minimum atomic E-state index is -3.07. The summed E-state index contributed by atoms with van der Waals surface area (Å²) < 4.78 is 52.0. The van der Waals surface area contributed by atoms with Gasteiger partial charge in [-0.15, -0.1) is 10.2 Å². The van der Waals surface area contributed by atoms with Crippen LogP contribution in [-0.2, 0) is 0 Å². The molecule has 0 radical (unpaired) electrons. The van der Waals surface area contributed by atoms with Crippen molar-refractivity contribution in [1.82, 2.24) is 19.5 Å². The van der Waals surface area contributed by atoms with E-state index in [0.717, 1.165) is 19.4 Å². The number of nitrogens with one attached hydrogen (secondary N) is 1. The van der Waals surface area contributed by atoms with Crippen LogP contribution in [0.1, 0.15) is 12.8 Å². The van der Waals surface area contributed by atoms with Gasteiger partial charge in [0.15, 0.2) is 5.82 Å². The number of anilines is 1. The third kappa shape index (κ3) is 4.58. The molecule has 1 aliphatic heterocycles. The van der Waals surface area contributed by atoms with Crippen molar-refractivity contribution in [3.05, 3.63) is 36.3 Å². The van der Waals surface area contributed by atoms with Crippen LogP contribution >= 0.6 is 0 Å². The van der Waals surface area contributed by atoms with Gasteiger partial charge in [-0.25, -0.2) is 4.39 Å². The molecule has 172 valence electrons. The van der Waals surface area contributed by atoms with Crippen molar-refractivity contribution in [2.75, 3.05) is 38.7 Å². The number of likely N-dealkylation sites (tertiary alicyclic amines) is 1. The predicted octanol–water partition coefficient (Wildman–Crippen LogP) is 3.01. The van der Waals surface area contributed by atoms with Gasteiger partial charge in [0.05, 0.1) is 13.7 Å². The number of halogens is 3. The van der Waals surface area contributed by atoms with E-state index in [-0.39, 0.29) is 35.2 Å². The molecule has 1 fully saturated rings. The lowest BCUT2D eigenvalue weighted by Crippen LogP contribution is -2.43. The zero-order chi connectivity index (χ0) is 22.7. The second-order valence-electron chi connectivity index (χ2n) is 7.50. The zero-order valence-corrected chi connectivity index (χ0v) is 17.5. The van der Waals surface area contributed by atoms with Gasteiger partial charge >= 0.3 is 6.61 Å². The number of nitrogens with zero attached hydrogens (tertiary/aromatic N) is 4. The van der Waals surface area contributed by atoms with Gasteiger partial charge < -0.3 is 19.9 Å². The molecular formula is C21H24F3N5O3. The third-order valence-corrected chi connectivity index (χ3v) is 5.45. The van der Waals surface area contributed by atoms with E-state index in [9.17, 15) is 18.3 Å². The summed E-state index contributed by atoms with van der Waals surface area (Å²) in [5, 5.41) is 20.9. The molecule has 3 aromatic rings. The van der Waals surface area contributed by atoms with Gasteiger partial charge in [0.2, 0.25) is 5.95 Å². The summed E-state index contributed by atoms with van der Waals surface area (Å²) in [5.41, 5.74) is 0.330. The third-order valence-electron chi connectivity index (χ3n) is 5.45. The molecule has 0 amide bonds. The molecule has 1 aliphatic rings. The monoisotopic (exact) mass is 451 g/mol. The number of fused-ring (bicyclic) bond motifs is 1. The first-order chi connectivity index (χ1) is 15.5. The van der Waals surface area contributed by atoms with E-state index in [2.05, 4.69) is 25.2 Å². The summed E-state index contributed by atoms with van der Waals surface area (Å²) in [4.78, 5) is 2.14. The molecule has 2 N–H and O–H groups in total. The molecule has 1 atom stereocenters. The van der Waals surface area contributed by atoms with Crippen LogP contribution < -0.4 is 14.8 Å². The smallest absolute Gasteiger partial charge is 0.387 e. The van der Waals surface area contributed by atoms with Crippen molar-refractivity contribution in [1.29, 1.82) is 0 Å². The molecule has 32 heavy (non-hydrogen) atoms. The first kappa shape index (κ1) is 22.2. The lowest BCUT2D eigenvalue weighted by Gasteiger charge is -2.32. The second kappa shape index (κ2) is 9.61. The van der Waals surface area contributed by atoms with Gasteiger partial charge in [0, 0.05) is 37.0 Å². The van der Waals surface area contributed by atoms with Crippen molar-refractivity contribution in [2.24, 2.45) is 0 Å². The summed E-state index contributed by atoms with van der Waals surface area (Å²) in [6.45, 7) is -0.794. The van der Waals surface area contributed by atoms with Crippen LogP contribution in [0.25, 0.3) is 16.8 Å². The first-order valence-corrected chi connectivity index (χ1v) is 10.3. The number of benzene rings is 1. The molecule has 0 saturated carbocycles. The van der Waals surface area contributed by atoms with E-state index in [1.807, 2.05) is 0 Å². The van der Waals surface area contributed by atoms with Crippen molar-refractivity contribution in [3.63, 3.8) is 0 Å². The fourth-order valence-electron chi connectivity index (χ4n) is 4.00. The molecule has 11 heteroatoms. The Balaban J connectivity index is 1.71. The Morgan fingerprint density at radius 3 is 2.88 bits per heavy atom. The maximum absolute atomic E-state index is 14.8. The minimum absolute atomic E-state index is 0.0443. The zero-order valence-electron chi connectivity index (χ0n) is 17.5. The van der Waals surface area contributed by atoms with Crippen molar-refractivity contribution in [3.8, 4) is 22.8 Å². The normalized spacial score (nSPS) is 17.1. The second-order valence-corrected chi connectivity index (χ2v) is 7.50. The van der Waals surface area contributed by atoms with E-state index >= 15 is 0 Å². The molecule has 0 spiro atoms. The topological polar surface area (TPSA) is 84.2 Å². The number of aliphatic hydroxyl groups is 1. The first-order valence-electron chi connectivity index (χ1n) is 10.3. The number of β-amino-alcohol motifs (C(OH)–C–C–N with tert-alkyl or cyclic N) is 1. The van der Waals surface area contributed by atoms with E-state index in [1.54, 1.807) is 6.07 Å². The van der Waals surface area contributed by atoms with Gasteiger partial charge in [-0.1, -0.05) is 0 Å². The van der Waals surface area contributed by atoms with E-state index in [1.165, 1.54) is 35.9 Å². The molecule has 1 saturated heterocycles. The molecule has 4 rings (SSSR count). The van der Waals surface area contributed by atoms with Crippen LogP contribution in [0, 0.1) is 5.82 Å². The highest BCUT2D eigenvalue weighted by molar-refractivity contribution is 5.82. The van der Waals surface area contributed by atoms with E-state index < -0.39 is 12.4 Å². The Bertz CT molecular complexity index is 1080. The van der Waals surface area contributed by atoms with Gasteiger partial charge in [-0.2, -0.15) is 8.78 Å². The Morgan fingerprint density at radius 1 is 1.28 bits per heavy atom. The lowest BCUT2D eigenvalue weighted by molar-refractivity contribution is -0.0495. The molecule has 3 heterocycles. The highest BCUT2D eigenvalue weighted by Gasteiger charge is 2.24. The molecule has 0 bridgehead atoms. The molecule has 2 aromatic heterocycles. The summed E-state index contributed by atoms with van der Waals surface area (Å²) in [6.07, 6.45) is 3.35. The highest BCUT2D eigenvalue weighted by atomic mass is 19.3. The summed E-state index contributed by atoms with van der Waals surface area (Å²) >= 11 is 0. The maximum Gasteiger partial charge on any atom is 0.387 e. The van der Waals surface area contributed by atoms with Crippen LogP contribution in [-0.4, -0.2) is 70.6 Å². The molecular weight excluding hydrogens is 427 g/mol. The molecule has 8 nitrogen and oxygen atoms in total. The number of aromatic nitrogens is 3. The standard InChI is InChI=1S/C21H24F3N5O3/c1-31-14-4-5-15(17(11-14)32-20(23)24)18-19-16(22)6-8-29(19)21(27-26-18)25-13-3-2-7-28(12-13)9-10-30/h4-6,8,11,13,20,30H,2-3,7,9-10,12H2,1H3,(H,25,27). The number of alkyl halides is 2. The average Bonchev–Trinajstić information content (AvgIpc) is 3.17. The Hall–Kier alpha value is -3.05. The fraction of sp³-hybridized carbons (Fsp3) is 0.429. The molecule has 0 aliphatic carbocycles. The minimum Gasteiger partial charge on any atom is -0.497 e. The summed E-state index contributed by atoms with van der Waals surface area (Å²) in [7, 11) is 1.40. The Morgan fingerprint density at radius 2 is 2.12 bits per heavy atom. The fourth-order valence-corrected chi connectivity index (χ4v) is 4.00. The number of hydrogen-bond donors (Lipinski definition) is 2. The highest BCUT2D eigenvalue weighted by Crippen LogP contribution is 2.36. The summed E-state index contributed by atoms with van der Waals surface area (Å²) in [5.74, 6) is -0.105. The van der Waals surface area contributed by atoms with Crippen LogP contribution in [0.2, 0.25) is 0 Å². The largest absolute Gasteiger partial charge is 0.497 e. The number of rotatable bonds is 8. The predicted molar refractivity (Wildman–Crippen MR) is 112 cm³/mol. The number of ether oxygens (including phenoxy) is 2. The lowest BCUT2D eigenvalue weighted by atomic mass is 10.1. The van der Waals surface area contributed by atoms with Gasteiger partial charge in [-0.3, -0.25) is 9.30 Å². The number of aliphatic hydroxyl groups excluding tert-OH is 1. The van der Waals surface area contributed by atoms with Gasteiger partial charge in [0.25, 0.3) is 0 Å².